The summed E-state index contributed by atoms with van der Waals surface area (Å²) in [5.74, 6) is -2.45. The number of carbonyl (C=O) groups excluding carboxylic acids is 2. The molecule has 4 N–H and O–H groups in total. The minimum absolute atomic E-state index is 0.0926. The zero-order chi connectivity index (χ0) is 43.9. The van der Waals surface area contributed by atoms with Crippen molar-refractivity contribution in [3.63, 3.8) is 0 Å². The normalized spacial score (nSPS) is 28.7. The Bertz CT molecular complexity index is 2770. The summed E-state index contributed by atoms with van der Waals surface area (Å²) in [5.41, 5.74) is -0.770. The summed E-state index contributed by atoms with van der Waals surface area (Å²) in [6.45, 7) is 9.92. The van der Waals surface area contributed by atoms with Gasteiger partial charge in [-0.1, -0.05) is 44.2 Å². The number of carbonyl (C=O) groups is 2. The van der Waals surface area contributed by atoms with Crippen LogP contribution < -0.4 is 20.9 Å². The van der Waals surface area contributed by atoms with Crippen LogP contribution in [0.1, 0.15) is 43.6 Å². The van der Waals surface area contributed by atoms with Crippen LogP contribution >= 0.6 is 7.82 Å². The predicted molar refractivity (Wildman–Crippen MR) is 209 cm³/mol. The van der Waals surface area contributed by atoms with Crippen LogP contribution in [0.3, 0.4) is 0 Å². The SMILES string of the molecule is [C-]#[N+]CCOP1(=O)OC[C@H]2O[C@@H](n3nnc4c(=O)[nH]c(NC(=O)C(C)C)nc43)[C@H](F)[C@@H]2OS(=O)(=O)NC[C@H]2O[C@@H](n3cnc4c(NC(=O)c5ccccc5)ncnc43)[C@H](C)[C@@H]2O1. The van der Waals surface area contributed by atoms with E-state index in [1.807, 2.05) is 0 Å². The summed E-state index contributed by atoms with van der Waals surface area (Å²) in [4.78, 5) is 60.7. The number of phosphoric acid groups is 1. The molecular weight excluding hydrogens is 864 g/mol. The number of halogens is 1. The van der Waals surface area contributed by atoms with Crippen molar-refractivity contribution in [3.05, 3.63) is 70.3 Å². The van der Waals surface area contributed by atoms with Gasteiger partial charge in [-0.3, -0.25) is 42.8 Å². The first-order valence-electron chi connectivity index (χ1n) is 18.9. The minimum Gasteiger partial charge on any atom is -0.350 e. The molecule has 1 aromatic carbocycles. The molecule has 328 valence electrons. The molecule has 8 rings (SSSR count). The average molecular weight is 902 g/mol. The van der Waals surface area contributed by atoms with Gasteiger partial charge in [0.25, 0.3) is 11.5 Å². The number of ether oxygens (including phenoxy) is 2. The average Bonchev–Trinajstić information content (AvgIpc) is 4.01. The molecule has 4 aromatic heterocycles. The molecule has 2 amide bonds. The molecule has 62 heavy (non-hydrogen) atoms. The Morgan fingerprint density at radius 2 is 1.85 bits per heavy atom. The van der Waals surface area contributed by atoms with Crippen molar-refractivity contribution in [2.24, 2.45) is 11.8 Å². The molecule has 3 fully saturated rings. The smallest absolute Gasteiger partial charge is 0.350 e. The molecule has 0 aliphatic carbocycles. The fraction of sp³-hybridized carbons (Fsp3) is 0.471. The van der Waals surface area contributed by atoms with Crippen LogP contribution in [0.5, 0.6) is 0 Å². The zero-order valence-corrected chi connectivity index (χ0v) is 34.4. The first-order chi connectivity index (χ1) is 29.6. The second-order valence-electron chi connectivity index (χ2n) is 14.5. The number of fused-ring (bicyclic) bond motifs is 4. The molecular formula is C34H37FN13O12PS. The minimum atomic E-state index is -4.85. The molecule has 28 heteroatoms. The molecule has 1 unspecified atom stereocenters. The Balaban J connectivity index is 1.07. The van der Waals surface area contributed by atoms with Gasteiger partial charge in [-0.15, -0.1) is 5.10 Å². The first-order valence-corrected chi connectivity index (χ1v) is 21.8. The number of nitrogens with zero attached hydrogens (tertiary/aromatic N) is 9. The summed E-state index contributed by atoms with van der Waals surface area (Å²) in [7, 11) is -9.60. The number of nitrogens with one attached hydrogen (secondary N) is 4. The zero-order valence-electron chi connectivity index (χ0n) is 32.7. The summed E-state index contributed by atoms with van der Waals surface area (Å²) < 4.78 is 97.3. The van der Waals surface area contributed by atoms with E-state index in [-0.39, 0.29) is 40.6 Å². The largest absolute Gasteiger partial charge is 0.475 e. The monoisotopic (exact) mass is 901 g/mol. The number of rotatable bonds is 9. The highest BCUT2D eigenvalue weighted by molar-refractivity contribution is 7.84. The molecule has 25 nitrogen and oxygen atoms in total. The topological polar surface area (TPSA) is 301 Å². The van der Waals surface area contributed by atoms with E-state index in [1.54, 1.807) is 51.1 Å². The summed E-state index contributed by atoms with van der Waals surface area (Å²) in [6, 6.07) is 8.41. The number of H-pyrrole nitrogens is 1. The Hall–Kier alpha value is -5.69. The third kappa shape index (κ3) is 8.56. The van der Waals surface area contributed by atoms with E-state index in [4.69, 9.17) is 33.8 Å². The number of hydrogen-bond acceptors (Lipinski definition) is 18. The fourth-order valence-corrected chi connectivity index (χ4v) is 9.29. The highest BCUT2D eigenvalue weighted by Crippen LogP contribution is 2.55. The molecule has 7 heterocycles. The van der Waals surface area contributed by atoms with Gasteiger partial charge in [-0.2, -0.15) is 22.8 Å². The number of aromatic amines is 1. The molecule has 0 saturated carbocycles. The Labute approximate surface area is 349 Å². The van der Waals surface area contributed by atoms with E-state index in [2.05, 4.69) is 55.4 Å². The summed E-state index contributed by atoms with van der Waals surface area (Å²) >= 11 is 0. The highest BCUT2D eigenvalue weighted by atomic mass is 32.2. The quantitative estimate of drug-likeness (QED) is 0.0929. The van der Waals surface area contributed by atoms with Crippen LogP contribution in [0.25, 0.3) is 27.2 Å². The van der Waals surface area contributed by atoms with Crippen molar-refractivity contribution in [1.29, 1.82) is 0 Å². The predicted octanol–water partition coefficient (Wildman–Crippen LogP) is 1.65. The third-order valence-electron chi connectivity index (χ3n) is 9.96. The Morgan fingerprint density at radius 3 is 2.61 bits per heavy atom. The van der Waals surface area contributed by atoms with Crippen molar-refractivity contribution < 1.29 is 54.2 Å². The van der Waals surface area contributed by atoms with Crippen molar-refractivity contribution in [2.75, 3.05) is 36.9 Å². The van der Waals surface area contributed by atoms with Gasteiger partial charge in [0.15, 0.2) is 40.5 Å². The lowest BCUT2D eigenvalue weighted by Gasteiger charge is -2.28. The molecule has 3 saturated heterocycles. The maximum atomic E-state index is 16.5. The van der Waals surface area contributed by atoms with Crippen LogP contribution in [0, 0.1) is 18.4 Å². The van der Waals surface area contributed by atoms with E-state index in [0.717, 1.165) is 4.68 Å². The van der Waals surface area contributed by atoms with Gasteiger partial charge in [0, 0.05) is 23.9 Å². The van der Waals surface area contributed by atoms with Crippen LogP contribution in [0.15, 0.2) is 47.8 Å². The van der Waals surface area contributed by atoms with Crippen LogP contribution in [0.2, 0.25) is 0 Å². The number of aromatic nitrogens is 9. The van der Waals surface area contributed by atoms with E-state index < -0.39 is 110 Å². The van der Waals surface area contributed by atoms with E-state index in [1.165, 1.54) is 17.2 Å². The number of hydrogen-bond donors (Lipinski definition) is 4. The maximum absolute atomic E-state index is 16.5. The number of anilines is 2. The van der Waals surface area contributed by atoms with E-state index in [9.17, 15) is 27.4 Å². The Kier molecular flexibility index (Phi) is 11.9. The van der Waals surface area contributed by atoms with E-state index in [0.29, 0.717) is 5.56 Å². The van der Waals surface area contributed by atoms with Gasteiger partial charge in [0.05, 0.1) is 12.9 Å². The molecule has 3 aliphatic rings. The molecule has 0 radical (unpaired) electrons. The van der Waals surface area contributed by atoms with Crippen molar-refractivity contribution >= 4 is 64.0 Å². The second kappa shape index (κ2) is 17.2. The molecule has 0 spiro atoms. The van der Waals surface area contributed by atoms with Crippen LogP contribution in [-0.2, 0) is 46.9 Å². The number of alkyl halides is 1. The van der Waals surface area contributed by atoms with Crippen molar-refractivity contribution in [2.45, 2.75) is 63.8 Å². The second-order valence-corrected chi connectivity index (χ2v) is 17.5. The molecule has 9 atom stereocenters. The van der Waals surface area contributed by atoms with Gasteiger partial charge in [0.1, 0.15) is 43.6 Å². The van der Waals surface area contributed by atoms with Gasteiger partial charge in [0.2, 0.25) is 18.4 Å². The lowest BCUT2D eigenvalue weighted by molar-refractivity contribution is -0.118. The van der Waals surface area contributed by atoms with Crippen LogP contribution in [0.4, 0.5) is 16.2 Å². The van der Waals surface area contributed by atoms with Gasteiger partial charge >= 0.3 is 18.1 Å². The number of benzene rings is 1. The third-order valence-corrected chi connectivity index (χ3v) is 12.4. The van der Waals surface area contributed by atoms with Crippen molar-refractivity contribution in [1.82, 2.24) is 49.2 Å². The molecule has 5 aromatic rings. The first kappa shape index (κ1) is 43.0. The maximum Gasteiger partial charge on any atom is 0.475 e. The van der Waals surface area contributed by atoms with Gasteiger partial charge in [-0.25, -0.2) is 34.7 Å². The summed E-state index contributed by atoms with van der Waals surface area (Å²) in [5, 5.41) is 12.7. The van der Waals surface area contributed by atoms with Gasteiger partial charge < -0.3 is 19.6 Å². The van der Waals surface area contributed by atoms with E-state index >= 15 is 4.39 Å². The molecule has 0 bridgehead atoms. The standard InChI is InChI=1S/C34H37FN13O12PS/c1-16(2)29(49)43-34-42-28-23(31(51)44-34)45-46-48(28)33-21(35)25-20(58-33)13-56-61(52,55-11-10-36-4)59-24-17(3)32(57-19(24)12-40-62(53,54)60-25)47-15-39-22-26(37-14-38-27(22)47)41-30(50)18-8-6-5-7-9-18/h5-9,14-17,19-21,24-25,32-33,40H,10-13H2,1-3H3,(H,37,38,41,50)(H2,42,43,44,49,51)/t17-,19-,20-,21-,24+,25-,32-,33-,61?/m1/s1. The molecule has 3 aliphatic heterocycles. The highest BCUT2D eigenvalue weighted by Gasteiger charge is 2.54. The number of phosphoric ester groups is 1. The van der Waals surface area contributed by atoms with Gasteiger partial charge in [-0.05, 0) is 12.1 Å². The lowest BCUT2D eigenvalue weighted by Crippen LogP contribution is -2.44. The number of imidazole rings is 1. The van der Waals surface area contributed by atoms with Crippen LogP contribution in [-0.4, -0.2) is 122 Å². The Morgan fingerprint density at radius 1 is 1.08 bits per heavy atom. The van der Waals surface area contributed by atoms with Crippen molar-refractivity contribution in [3.8, 4) is 0 Å². The summed E-state index contributed by atoms with van der Waals surface area (Å²) in [6.07, 6.45) is -8.86. The fourth-order valence-electron chi connectivity index (χ4n) is 6.87. The lowest BCUT2D eigenvalue weighted by atomic mass is 10.0. The number of amides is 2.